The average Bonchev–Trinajstić information content (AvgIpc) is 3.19. The van der Waals surface area contributed by atoms with Crippen molar-refractivity contribution in [1.82, 2.24) is 19.3 Å². The van der Waals surface area contributed by atoms with Crippen LogP contribution in [0.4, 0.5) is 5.69 Å². The minimum Gasteiger partial charge on any atom is -0.338 e. The van der Waals surface area contributed by atoms with Crippen LogP contribution in [0, 0.1) is 5.92 Å². The molecule has 1 amide bonds. The van der Waals surface area contributed by atoms with Crippen LogP contribution in [-0.4, -0.2) is 59.8 Å². The molecule has 2 fully saturated rings. The molecule has 3 aromatic rings. The number of anilines is 1. The standard InChI is InChI=1S/C27H31Cl2N5O4S/c28-20-5-10-23(24(29)17-20)26-31-25(38-32-26)18-33-15-11-19(12-16-33)27(35)30-21-6-8-22(9-7-21)39(36,37)34-13-3-1-2-4-14-34/h5-10,17,19H,1-4,11-16,18H2,(H,30,35). The summed E-state index contributed by atoms with van der Waals surface area (Å²) in [5.41, 5.74) is 1.25. The zero-order chi connectivity index (χ0) is 27.4. The van der Waals surface area contributed by atoms with Gasteiger partial charge < -0.3 is 9.84 Å². The Morgan fingerprint density at radius 3 is 2.33 bits per heavy atom. The van der Waals surface area contributed by atoms with Gasteiger partial charge in [-0.3, -0.25) is 9.69 Å². The van der Waals surface area contributed by atoms with E-state index >= 15 is 0 Å². The van der Waals surface area contributed by atoms with Gasteiger partial charge in [-0.25, -0.2) is 8.42 Å². The second-order valence-corrected chi connectivity index (χ2v) is 12.8. The lowest BCUT2D eigenvalue weighted by molar-refractivity contribution is -0.121. The molecule has 1 N–H and O–H groups in total. The number of hydrogen-bond donors (Lipinski definition) is 1. The zero-order valence-electron chi connectivity index (χ0n) is 21.5. The zero-order valence-corrected chi connectivity index (χ0v) is 23.8. The summed E-state index contributed by atoms with van der Waals surface area (Å²) in [6.45, 7) is 3.03. The van der Waals surface area contributed by atoms with Crippen molar-refractivity contribution in [3.63, 3.8) is 0 Å². The number of piperidine rings is 1. The lowest BCUT2D eigenvalue weighted by Crippen LogP contribution is -2.37. The predicted molar refractivity (Wildman–Crippen MR) is 150 cm³/mol. The Hall–Kier alpha value is -2.50. The third kappa shape index (κ3) is 6.81. The van der Waals surface area contributed by atoms with E-state index in [9.17, 15) is 13.2 Å². The van der Waals surface area contributed by atoms with Gasteiger partial charge in [0.2, 0.25) is 27.6 Å². The predicted octanol–water partition coefficient (Wildman–Crippen LogP) is 5.46. The van der Waals surface area contributed by atoms with E-state index in [1.807, 2.05) is 0 Å². The first-order chi connectivity index (χ1) is 18.8. The Morgan fingerprint density at radius 1 is 0.974 bits per heavy atom. The highest BCUT2D eigenvalue weighted by Gasteiger charge is 2.27. The van der Waals surface area contributed by atoms with Crippen LogP contribution in [0.2, 0.25) is 10.0 Å². The summed E-state index contributed by atoms with van der Waals surface area (Å²) in [7, 11) is -3.52. The van der Waals surface area contributed by atoms with Crippen molar-refractivity contribution in [3.8, 4) is 11.4 Å². The molecule has 1 aromatic heterocycles. The fraction of sp³-hybridized carbons (Fsp3) is 0.444. The van der Waals surface area contributed by atoms with Crippen molar-refractivity contribution < 1.29 is 17.7 Å². The lowest BCUT2D eigenvalue weighted by Gasteiger charge is -2.30. The minimum absolute atomic E-state index is 0.0600. The molecule has 208 valence electrons. The van der Waals surface area contributed by atoms with Crippen LogP contribution in [-0.2, 0) is 21.4 Å². The summed E-state index contributed by atoms with van der Waals surface area (Å²) in [6, 6.07) is 11.6. The summed E-state index contributed by atoms with van der Waals surface area (Å²) in [6.07, 6.45) is 5.29. The van der Waals surface area contributed by atoms with Crippen molar-refractivity contribution in [2.75, 3.05) is 31.5 Å². The minimum atomic E-state index is -3.52. The molecular formula is C27H31Cl2N5O4S. The lowest BCUT2D eigenvalue weighted by atomic mass is 9.96. The summed E-state index contributed by atoms with van der Waals surface area (Å²) in [5, 5.41) is 7.97. The molecule has 0 aliphatic carbocycles. The van der Waals surface area contributed by atoms with Gasteiger partial charge in [0.05, 0.1) is 16.5 Å². The molecule has 2 aliphatic rings. The number of carbonyl (C=O) groups is 1. The van der Waals surface area contributed by atoms with E-state index in [1.165, 1.54) is 0 Å². The Bertz CT molecular complexity index is 1400. The molecule has 2 aromatic carbocycles. The summed E-state index contributed by atoms with van der Waals surface area (Å²) >= 11 is 12.2. The summed E-state index contributed by atoms with van der Waals surface area (Å²) in [4.78, 5) is 19.8. The summed E-state index contributed by atoms with van der Waals surface area (Å²) in [5.74, 6) is 0.698. The third-order valence-corrected chi connectivity index (χ3v) is 9.74. The molecule has 0 atom stereocenters. The fourth-order valence-corrected chi connectivity index (χ4v) is 7.04. The van der Waals surface area contributed by atoms with Crippen LogP contribution >= 0.6 is 23.2 Å². The number of hydrogen-bond acceptors (Lipinski definition) is 7. The molecular weight excluding hydrogens is 561 g/mol. The van der Waals surface area contributed by atoms with Gasteiger partial charge in [-0.15, -0.1) is 0 Å². The van der Waals surface area contributed by atoms with Crippen molar-refractivity contribution in [1.29, 1.82) is 0 Å². The van der Waals surface area contributed by atoms with Gasteiger partial charge in [-0.2, -0.15) is 9.29 Å². The number of amides is 1. The van der Waals surface area contributed by atoms with Crippen LogP contribution in [0.3, 0.4) is 0 Å². The maximum Gasteiger partial charge on any atom is 0.243 e. The van der Waals surface area contributed by atoms with Crippen LogP contribution in [0.25, 0.3) is 11.4 Å². The van der Waals surface area contributed by atoms with Gasteiger partial charge in [0, 0.05) is 35.3 Å². The molecule has 0 spiro atoms. The number of carbonyl (C=O) groups excluding carboxylic acids is 1. The van der Waals surface area contributed by atoms with Crippen LogP contribution in [0.5, 0.6) is 0 Å². The smallest absolute Gasteiger partial charge is 0.243 e. The fourth-order valence-electron chi connectivity index (χ4n) is 5.03. The first kappa shape index (κ1) is 28.0. The van der Waals surface area contributed by atoms with Gasteiger partial charge in [-0.1, -0.05) is 41.2 Å². The van der Waals surface area contributed by atoms with Gasteiger partial charge in [0.25, 0.3) is 0 Å². The maximum absolute atomic E-state index is 13.0. The van der Waals surface area contributed by atoms with E-state index in [2.05, 4.69) is 20.4 Å². The van der Waals surface area contributed by atoms with Gasteiger partial charge >= 0.3 is 0 Å². The third-order valence-electron chi connectivity index (χ3n) is 7.28. The van der Waals surface area contributed by atoms with Crippen LogP contribution in [0.15, 0.2) is 51.9 Å². The molecule has 0 saturated carbocycles. The Morgan fingerprint density at radius 2 is 1.67 bits per heavy atom. The van der Waals surface area contributed by atoms with Gasteiger partial charge in [-0.05, 0) is 81.2 Å². The molecule has 39 heavy (non-hydrogen) atoms. The second kappa shape index (κ2) is 12.3. The van der Waals surface area contributed by atoms with E-state index in [4.69, 9.17) is 27.7 Å². The largest absolute Gasteiger partial charge is 0.338 e. The highest BCUT2D eigenvalue weighted by molar-refractivity contribution is 7.89. The quantitative estimate of drug-likeness (QED) is 0.388. The molecule has 2 saturated heterocycles. The first-order valence-corrected chi connectivity index (χ1v) is 15.4. The highest BCUT2D eigenvalue weighted by Crippen LogP contribution is 2.29. The molecule has 2 aliphatic heterocycles. The molecule has 3 heterocycles. The molecule has 9 nitrogen and oxygen atoms in total. The number of sulfonamides is 1. The van der Waals surface area contributed by atoms with Crippen LogP contribution in [0.1, 0.15) is 44.4 Å². The van der Waals surface area contributed by atoms with E-state index in [0.717, 1.165) is 25.7 Å². The molecule has 5 rings (SSSR count). The topological polar surface area (TPSA) is 109 Å². The first-order valence-electron chi connectivity index (χ1n) is 13.2. The Balaban J connectivity index is 1.11. The van der Waals surface area contributed by atoms with Crippen molar-refractivity contribution in [2.45, 2.75) is 50.0 Å². The average molecular weight is 593 g/mol. The van der Waals surface area contributed by atoms with E-state index in [0.29, 0.717) is 78.6 Å². The normalized spacial score (nSPS) is 18.1. The molecule has 0 unspecified atom stereocenters. The number of halogens is 2. The van der Waals surface area contributed by atoms with Crippen LogP contribution < -0.4 is 5.32 Å². The monoisotopic (exact) mass is 591 g/mol. The van der Waals surface area contributed by atoms with Crippen molar-refractivity contribution in [2.24, 2.45) is 5.92 Å². The van der Waals surface area contributed by atoms with Gasteiger partial charge in [0.1, 0.15) is 0 Å². The number of rotatable bonds is 7. The van der Waals surface area contributed by atoms with Gasteiger partial charge in [0.15, 0.2) is 0 Å². The molecule has 12 heteroatoms. The van der Waals surface area contributed by atoms with E-state index in [1.54, 1.807) is 46.8 Å². The number of likely N-dealkylation sites (tertiary alicyclic amines) is 1. The maximum atomic E-state index is 13.0. The SMILES string of the molecule is O=C(Nc1ccc(S(=O)(=O)N2CCCCCC2)cc1)C1CCN(Cc2nc(-c3ccc(Cl)cc3Cl)no2)CC1. The van der Waals surface area contributed by atoms with E-state index < -0.39 is 10.0 Å². The second-order valence-electron chi connectivity index (χ2n) is 10.0. The molecule has 0 bridgehead atoms. The molecule has 0 radical (unpaired) electrons. The van der Waals surface area contributed by atoms with Crippen molar-refractivity contribution >= 4 is 44.8 Å². The Labute approximate surface area is 238 Å². The number of benzene rings is 2. The number of nitrogens with zero attached hydrogens (tertiary/aromatic N) is 4. The van der Waals surface area contributed by atoms with Crippen molar-refractivity contribution in [3.05, 3.63) is 58.4 Å². The summed E-state index contributed by atoms with van der Waals surface area (Å²) < 4.78 is 33.0. The highest BCUT2D eigenvalue weighted by atomic mass is 35.5. The number of aromatic nitrogens is 2. The number of nitrogens with one attached hydrogen (secondary N) is 1. The Kier molecular flexibility index (Phi) is 8.88. The van der Waals surface area contributed by atoms with E-state index in [-0.39, 0.29) is 16.7 Å².